The Hall–Kier alpha value is -3.95. The van der Waals surface area contributed by atoms with Crippen LogP contribution in [0.1, 0.15) is 17.5 Å². The number of pyridine rings is 1. The van der Waals surface area contributed by atoms with Crippen molar-refractivity contribution in [1.29, 1.82) is 0 Å². The van der Waals surface area contributed by atoms with Gasteiger partial charge >= 0.3 is 0 Å². The molecular formula is C18H16N8O2. The van der Waals surface area contributed by atoms with Crippen LogP contribution in [0.15, 0.2) is 65.7 Å². The highest BCUT2D eigenvalue weighted by atomic mass is 16.5. The number of carbonyl (C=O) groups is 1. The molecule has 1 atom stereocenters. The van der Waals surface area contributed by atoms with Crippen molar-refractivity contribution in [3.63, 3.8) is 0 Å². The Labute approximate surface area is 159 Å². The van der Waals surface area contributed by atoms with Crippen LogP contribution >= 0.6 is 0 Å². The number of amides is 1. The van der Waals surface area contributed by atoms with Crippen molar-refractivity contribution in [2.75, 3.05) is 0 Å². The highest BCUT2D eigenvalue weighted by molar-refractivity contribution is 5.80. The zero-order chi connectivity index (χ0) is 19.2. The van der Waals surface area contributed by atoms with Crippen molar-refractivity contribution in [3.05, 3.63) is 72.6 Å². The molecule has 0 aliphatic heterocycles. The average Bonchev–Trinajstić information content (AvgIpc) is 3.44. The van der Waals surface area contributed by atoms with Crippen molar-refractivity contribution in [2.24, 2.45) is 0 Å². The molecule has 10 heteroatoms. The maximum absolute atomic E-state index is 12.8. The van der Waals surface area contributed by atoms with E-state index in [-0.39, 0.29) is 12.5 Å². The molecule has 28 heavy (non-hydrogen) atoms. The number of carbonyl (C=O) groups excluding carboxylic acids is 1. The van der Waals surface area contributed by atoms with Crippen LogP contribution in [0.2, 0.25) is 0 Å². The van der Waals surface area contributed by atoms with Gasteiger partial charge in [0, 0.05) is 24.4 Å². The molecule has 0 radical (unpaired) electrons. The van der Waals surface area contributed by atoms with Gasteiger partial charge in [0.25, 0.3) is 0 Å². The predicted octanol–water partition coefficient (Wildman–Crippen LogP) is 1.22. The normalized spacial score (nSPS) is 11.9. The highest BCUT2D eigenvalue weighted by Crippen LogP contribution is 2.15. The number of aromatic nitrogens is 7. The van der Waals surface area contributed by atoms with Crippen molar-refractivity contribution in [2.45, 2.75) is 19.0 Å². The topological polar surface area (TPSA) is 125 Å². The van der Waals surface area contributed by atoms with Crippen molar-refractivity contribution >= 4 is 5.91 Å². The second kappa shape index (κ2) is 8.16. The molecule has 4 rings (SSSR count). The van der Waals surface area contributed by atoms with E-state index in [1.807, 2.05) is 36.4 Å². The zero-order valence-electron chi connectivity index (χ0n) is 14.7. The van der Waals surface area contributed by atoms with Gasteiger partial charge in [-0.15, -0.1) is 5.10 Å². The summed E-state index contributed by atoms with van der Waals surface area (Å²) >= 11 is 0. The molecule has 0 aliphatic carbocycles. The minimum absolute atomic E-state index is 0.0967. The quantitative estimate of drug-likeness (QED) is 0.510. The molecule has 140 valence electrons. The third kappa shape index (κ3) is 4.06. The maximum Gasteiger partial charge on any atom is 0.246 e. The Morgan fingerprint density at radius 1 is 1.18 bits per heavy atom. The second-order valence-electron chi connectivity index (χ2n) is 5.97. The molecule has 0 unspecified atom stereocenters. The van der Waals surface area contributed by atoms with E-state index >= 15 is 0 Å². The van der Waals surface area contributed by atoms with E-state index in [1.165, 1.54) is 11.0 Å². The molecule has 0 bridgehead atoms. The number of rotatable bonds is 7. The molecule has 0 saturated heterocycles. The van der Waals surface area contributed by atoms with E-state index < -0.39 is 6.04 Å². The number of hydrogen-bond donors (Lipinski definition) is 1. The van der Waals surface area contributed by atoms with Gasteiger partial charge in [0.05, 0.1) is 6.54 Å². The summed E-state index contributed by atoms with van der Waals surface area (Å²) in [5.41, 5.74) is 1.73. The third-order valence-corrected chi connectivity index (χ3v) is 4.06. The Kier molecular flexibility index (Phi) is 5.09. The number of tetrazole rings is 1. The SMILES string of the molecule is O=C(NCc1nc(-c2cccnc2)no1)[C@H](Cc1ccccc1)n1cnnn1. The summed E-state index contributed by atoms with van der Waals surface area (Å²) in [5, 5.41) is 17.8. The molecule has 1 amide bonds. The van der Waals surface area contributed by atoms with E-state index in [2.05, 4.69) is 36.0 Å². The lowest BCUT2D eigenvalue weighted by molar-refractivity contribution is -0.124. The fraction of sp³-hybridized carbons (Fsp3) is 0.167. The number of hydrogen-bond acceptors (Lipinski definition) is 8. The number of nitrogens with zero attached hydrogens (tertiary/aromatic N) is 7. The molecule has 3 heterocycles. The molecule has 0 saturated carbocycles. The maximum atomic E-state index is 12.8. The first-order valence-electron chi connectivity index (χ1n) is 8.56. The molecule has 0 fully saturated rings. The number of benzene rings is 1. The molecule has 0 spiro atoms. The summed E-state index contributed by atoms with van der Waals surface area (Å²) in [4.78, 5) is 21.1. The third-order valence-electron chi connectivity index (χ3n) is 4.06. The Morgan fingerprint density at radius 3 is 2.82 bits per heavy atom. The fourth-order valence-electron chi connectivity index (χ4n) is 2.67. The van der Waals surface area contributed by atoms with Crippen LogP contribution < -0.4 is 5.32 Å². The van der Waals surface area contributed by atoms with Crippen LogP contribution in [0, 0.1) is 0 Å². The van der Waals surface area contributed by atoms with Gasteiger partial charge in [0.15, 0.2) is 0 Å². The molecule has 1 aromatic carbocycles. The molecule has 0 aliphatic rings. The summed E-state index contributed by atoms with van der Waals surface area (Å²) in [6.45, 7) is 0.0967. The first kappa shape index (κ1) is 17.5. The molecule has 3 aromatic heterocycles. The molecule has 1 N–H and O–H groups in total. The molecule has 4 aromatic rings. The van der Waals surface area contributed by atoms with Gasteiger partial charge < -0.3 is 9.84 Å². The lowest BCUT2D eigenvalue weighted by Crippen LogP contribution is -2.34. The largest absolute Gasteiger partial charge is 0.345 e. The van der Waals surface area contributed by atoms with Gasteiger partial charge in [-0.3, -0.25) is 9.78 Å². The minimum Gasteiger partial charge on any atom is -0.345 e. The van der Waals surface area contributed by atoms with Gasteiger partial charge in [-0.25, -0.2) is 4.68 Å². The minimum atomic E-state index is -0.599. The van der Waals surface area contributed by atoms with Crippen molar-refractivity contribution in [1.82, 2.24) is 40.6 Å². The first-order valence-corrected chi connectivity index (χ1v) is 8.56. The average molecular weight is 376 g/mol. The monoisotopic (exact) mass is 376 g/mol. The summed E-state index contributed by atoms with van der Waals surface area (Å²) in [6.07, 6.45) is 5.17. The van der Waals surface area contributed by atoms with E-state index in [0.717, 1.165) is 11.1 Å². The summed E-state index contributed by atoms with van der Waals surface area (Å²) in [6, 6.07) is 12.7. The van der Waals surface area contributed by atoms with E-state index in [0.29, 0.717) is 18.1 Å². The predicted molar refractivity (Wildman–Crippen MR) is 96.4 cm³/mol. The van der Waals surface area contributed by atoms with E-state index in [9.17, 15) is 4.79 Å². The highest BCUT2D eigenvalue weighted by Gasteiger charge is 2.23. The Morgan fingerprint density at radius 2 is 2.07 bits per heavy atom. The van der Waals surface area contributed by atoms with E-state index in [4.69, 9.17) is 4.52 Å². The molecular weight excluding hydrogens is 360 g/mol. The second-order valence-corrected chi connectivity index (χ2v) is 5.97. The van der Waals surface area contributed by atoms with Crippen molar-refractivity contribution < 1.29 is 9.32 Å². The van der Waals surface area contributed by atoms with Crippen LogP contribution in [-0.4, -0.2) is 41.2 Å². The van der Waals surface area contributed by atoms with Crippen molar-refractivity contribution in [3.8, 4) is 11.4 Å². The van der Waals surface area contributed by atoms with Crippen LogP contribution in [0.4, 0.5) is 0 Å². The van der Waals surface area contributed by atoms with Crippen LogP contribution in [0.25, 0.3) is 11.4 Å². The summed E-state index contributed by atoms with van der Waals surface area (Å²) in [5.74, 6) is 0.457. The van der Waals surface area contributed by atoms with Crippen LogP contribution in [0.5, 0.6) is 0 Å². The smallest absolute Gasteiger partial charge is 0.246 e. The van der Waals surface area contributed by atoms with Gasteiger partial charge in [-0.2, -0.15) is 4.98 Å². The van der Waals surface area contributed by atoms with E-state index in [1.54, 1.807) is 18.5 Å². The van der Waals surface area contributed by atoms with Crippen LogP contribution in [0.3, 0.4) is 0 Å². The lowest BCUT2D eigenvalue weighted by atomic mass is 10.1. The lowest BCUT2D eigenvalue weighted by Gasteiger charge is -2.15. The standard InChI is InChI=1S/C18H16N8O2/c27-18(15(26-12-21-24-25-26)9-13-5-2-1-3-6-13)20-11-16-22-17(23-28-16)14-7-4-8-19-10-14/h1-8,10,12,15H,9,11H2,(H,20,27)/t15-/m0/s1. The van der Waals surface area contributed by atoms with Crippen LogP contribution in [-0.2, 0) is 17.8 Å². The Bertz CT molecular complexity index is 1020. The summed E-state index contributed by atoms with van der Waals surface area (Å²) < 4.78 is 6.64. The number of nitrogens with one attached hydrogen (secondary N) is 1. The fourth-order valence-corrected chi connectivity index (χ4v) is 2.67. The Balaban J connectivity index is 1.44. The molecule has 10 nitrogen and oxygen atoms in total. The van der Waals surface area contributed by atoms with Gasteiger partial charge in [-0.1, -0.05) is 35.5 Å². The first-order chi connectivity index (χ1) is 13.8. The summed E-state index contributed by atoms with van der Waals surface area (Å²) in [7, 11) is 0. The van der Waals surface area contributed by atoms with Gasteiger partial charge in [0.2, 0.25) is 17.6 Å². The zero-order valence-corrected chi connectivity index (χ0v) is 14.7. The van der Waals surface area contributed by atoms with Gasteiger partial charge in [0.1, 0.15) is 12.4 Å². The van der Waals surface area contributed by atoms with Gasteiger partial charge in [-0.05, 0) is 28.1 Å².